The molecule has 2 amide bonds. The Labute approximate surface area is 142 Å². The van der Waals surface area contributed by atoms with E-state index in [2.05, 4.69) is 34.9 Å². The van der Waals surface area contributed by atoms with Gasteiger partial charge in [0.2, 0.25) is 0 Å². The van der Waals surface area contributed by atoms with Crippen LogP contribution in [0.15, 0.2) is 42.5 Å². The zero-order valence-corrected chi connectivity index (χ0v) is 13.8. The first-order valence-corrected chi connectivity index (χ1v) is 8.45. The van der Waals surface area contributed by atoms with Crippen molar-refractivity contribution in [2.45, 2.75) is 24.9 Å². The first-order valence-electron chi connectivity index (χ1n) is 8.45. The van der Waals surface area contributed by atoms with Gasteiger partial charge in [-0.2, -0.15) is 0 Å². The minimum atomic E-state index is -0.842. The number of carbonyl (C=O) groups excluding carboxylic acids is 1. The van der Waals surface area contributed by atoms with Gasteiger partial charge in [-0.1, -0.05) is 42.5 Å². The lowest BCUT2D eigenvalue weighted by molar-refractivity contribution is -0.0600. The number of benzene rings is 2. The Bertz CT molecular complexity index is 691. The molecule has 5 heteroatoms. The van der Waals surface area contributed by atoms with E-state index in [1.807, 2.05) is 18.2 Å². The molecule has 3 N–H and O–H groups in total. The third-order valence-electron chi connectivity index (χ3n) is 4.56. The highest BCUT2D eigenvalue weighted by Crippen LogP contribution is 2.19. The summed E-state index contributed by atoms with van der Waals surface area (Å²) in [4.78, 5) is 11.9. The first kappa shape index (κ1) is 16.7. The monoisotopic (exact) mass is 328 g/mol. The maximum absolute atomic E-state index is 11.9. The maximum atomic E-state index is 11.9. The molecular formula is C19H24N2O3. The van der Waals surface area contributed by atoms with E-state index in [4.69, 9.17) is 4.74 Å². The van der Waals surface area contributed by atoms with E-state index in [0.29, 0.717) is 32.6 Å². The van der Waals surface area contributed by atoms with Gasteiger partial charge in [0.1, 0.15) is 0 Å². The Morgan fingerprint density at radius 1 is 1.08 bits per heavy atom. The van der Waals surface area contributed by atoms with E-state index in [0.717, 1.165) is 6.42 Å². The van der Waals surface area contributed by atoms with Gasteiger partial charge in [-0.15, -0.1) is 0 Å². The van der Waals surface area contributed by atoms with Gasteiger partial charge in [0.05, 0.1) is 5.60 Å². The molecule has 0 unspecified atom stereocenters. The van der Waals surface area contributed by atoms with Crippen molar-refractivity contribution < 1.29 is 14.6 Å². The highest BCUT2D eigenvalue weighted by molar-refractivity contribution is 5.85. The number of nitrogens with one attached hydrogen (secondary N) is 2. The summed E-state index contributed by atoms with van der Waals surface area (Å²) < 4.78 is 5.23. The lowest BCUT2D eigenvalue weighted by Gasteiger charge is -2.32. The quantitative estimate of drug-likeness (QED) is 0.788. The van der Waals surface area contributed by atoms with Gasteiger partial charge in [-0.05, 0) is 22.8 Å². The van der Waals surface area contributed by atoms with Crippen LogP contribution in [-0.4, -0.2) is 43.0 Å². The number of ether oxygens (including phenoxy) is 1. The fourth-order valence-corrected chi connectivity index (χ4v) is 3.06. The van der Waals surface area contributed by atoms with Gasteiger partial charge < -0.3 is 20.5 Å². The third-order valence-corrected chi connectivity index (χ3v) is 4.56. The van der Waals surface area contributed by atoms with Crippen molar-refractivity contribution in [3.63, 3.8) is 0 Å². The number of aliphatic hydroxyl groups is 1. The van der Waals surface area contributed by atoms with Crippen LogP contribution in [0.4, 0.5) is 4.79 Å². The van der Waals surface area contributed by atoms with Crippen molar-refractivity contribution >= 4 is 16.8 Å². The molecule has 0 aromatic heterocycles. The highest BCUT2D eigenvalue weighted by Gasteiger charge is 2.29. The maximum Gasteiger partial charge on any atom is 0.314 e. The summed E-state index contributed by atoms with van der Waals surface area (Å²) in [5.74, 6) is 0. The van der Waals surface area contributed by atoms with Crippen LogP contribution in [-0.2, 0) is 11.2 Å². The zero-order valence-electron chi connectivity index (χ0n) is 13.8. The lowest BCUT2D eigenvalue weighted by atomic mass is 9.94. The molecule has 0 spiro atoms. The van der Waals surface area contributed by atoms with E-state index < -0.39 is 5.60 Å². The molecule has 1 aliphatic heterocycles. The Hall–Kier alpha value is -2.11. The molecular weight excluding hydrogens is 304 g/mol. The summed E-state index contributed by atoms with van der Waals surface area (Å²) in [6, 6.07) is 14.2. The molecule has 5 nitrogen and oxygen atoms in total. The van der Waals surface area contributed by atoms with E-state index in [9.17, 15) is 9.90 Å². The number of hydrogen-bond acceptors (Lipinski definition) is 3. The number of carbonyl (C=O) groups is 1. The van der Waals surface area contributed by atoms with Gasteiger partial charge in [0.15, 0.2) is 0 Å². The average molecular weight is 328 g/mol. The van der Waals surface area contributed by atoms with Crippen LogP contribution in [0.5, 0.6) is 0 Å². The number of urea groups is 1. The lowest BCUT2D eigenvalue weighted by Crippen LogP contribution is -2.49. The molecule has 3 rings (SSSR count). The normalized spacial score (nSPS) is 16.7. The van der Waals surface area contributed by atoms with Gasteiger partial charge in [0, 0.05) is 39.1 Å². The number of hydrogen-bond donors (Lipinski definition) is 3. The summed E-state index contributed by atoms with van der Waals surface area (Å²) in [5, 5.41) is 18.4. The predicted molar refractivity (Wildman–Crippen MR) is 94.1 cm³/mol. The van der Waals surface area contributed by atoms with Crippen LogP contribution >= 0.6 is 0 Å². The molecule has 0 bridgehead atoms. The van der Waals surface area contributed by atoms with Crippen molar-refractivity contribution in [1.29, 1.82) is 0 Å². The standard InChI is InChI=1S/C19H24N2O3/c22-18(21-14-19(23)9-12-24-13-10-19)20-11-8-16-6-3-5-15-4-1-2-7-17(15)16/h1-7,23H,8-14H2,(H2,20,21,22). The molecule has 128 valence electrons. The largest absolute Gasteiger partial charge is 0.388 e. The van der Waals surface area contributed by atoms with Crippen molar-refractivity contribution in [2.24, 2.45) is 0 Å². The van der Waals surface area contributed by atoms with Crippen molar-refractivity contribution in [3.05, 3.63) is 48.0 Å². The van der Waals surface area contributed by atoms with E-state index >= 15 is 0 Å². The summed E-state index contributed by atoms with van der Waals surface area (Å²) in [6.07, 6.45) is 1.89. The van der Waals surface area contributed by atoms with Crippen LogP contribution in [0.1, 0.15) is 18.4 Å². The average Bonchev–Trinajstić information content (AvgIpc) is 2.61. The molecule has 0 radical (unpaired) electrons. The van der Waals surface area contributed by atoms with Crippen LogP contribution < -0.4 is 10.6 Å². The third kappa shape index (κ3) is 4.24. The number of rotatable bonds is 5. The van der Waals surface area contributed by atoms with Crippen LogP contribution in [0.2, 0.25) is 0 Å². The van der Waals surface area contributed by atoms with Gasteiger partial charge in [0.25, 0.3) is 0 Å². The number of amides is 2. The topological polar surface area (TPSA) is 70.6 Å². The van der Waals surface area contributed by atoms with Gasteiger partial charge in [-0.25, -0.2) is 4.79 Å². The summed E-state index contributed by atoms with van der Waals surface area (Å²) in [6.45, 7) is 1.90. The fourth-order valence-electron chi connectivity index (χ4n) is 3.06. The Balaban J connectivity index is 1.46. The minimum absolute atomic E-state index is 0.241. The zero-order chi connectivity index (χ0) is 16.8. The second-order valence-electron chi connectivity index (χ2n) is 6.33. The molecule has 2 aromatic carbocycles. The van der Waals surface area contributed by atoms with E-state index in [1.54, 1.807) is 0 Å². The fraction of sp³-hybridized carbons (Fsp3) is 0.421. The second kappa shape index (κ2) is 7.64. The minimum Gasteiger partial charge on any atom is -0.388 e. The van der Waals surface area contributed by atoms with Gasteiger partial charge in [-0.3, -0.25) is 0 Å². The van der Waals surface area contributed by atoms with Crippen molar-refractivity contribution in [1.82, 2.24) is 10.6 Å². The Kier molecular flexibility index (Phi) is 5.33. The second-order valence-corrected chi connectivity index (χ2v) is 6.33. The Morgan fingerprint density at radius 2 is 1.83 bits per heavy atom. The first-order chi connectivity index (χ1) is 11.7. The predicted octanol–water partition coefficient (Wildman–Crippen LogP) is 2.22. The Morgan fingerprint density at radius 3 is 2.67 bits per heavy atom. The highest BCUT2D eigenvalue weighted by atomic mass is 16.5. The molecule has 0 saturated carbocycles. The molecule has 1 saturated heterocycles. The van der Waals surface area contributed by atoms with Gasteiger partial charge >= 0.3 is 6.03 Å². The smallest absolute Gasteiger partial charge is 0.314 e. The van der Waals surface area contributed by atoms with Crippen molar-refractivity contribution in [3.8, 4) is 0 Å². The molecule has 1 heterocycles. The molecule has 2 aromatic rings. The van der Waals surface area contributed by atoms with Crippen LogP contribution in [0.3, 0.4) is 0 Å². The summed E-state index contributed by atoms with van der Waals surface area (Å²) >= 11 is 0. The van der Waals surface area contributed by atoms with Crippen LogP contribution in [0, 0.1) is 0 Å². The summed E-state index contributed by atoms with van der Waals surface area (Å²) in [5.41, 5.74) is 0.377. The van der Waals surface area contributed by atoms with E-state index in [-0.39, 0.29) is 12.6 Å². The molecule has 24 heavy (non-hydrogen) atoms. The summed E-state index contributed by atoms with van der Waals surface area (Å²) in [7, 11) is 0. The molecule has 1 aliphatic rings. The SMILES string of the molecule is O=C(NCCc1cccc2ccccc12)NCC1(O)CCOCC1. The molecule has 1 fully saturated rings. The molecule has 0 aliphatic carbocycles. The van der Waals surface area contributed by atoms with Crippen molar-refractivity contribution in [2.75, 3.05) is 26.3 Å². The molecule has 0 atom stereocenters. The van der Waals surface area contributed by atoms with E-state index in [1.165, 1.54) is 16.3 Å². The number of fused-ring (bicyclic) bond motifs is 1. The van der Waals surface area contributed by atoms with Crippen LogP contribution in [0.25, 0.3) is 10.8 Å².